The van der Waals surface area contributed by atoms with E-state index in [1.807, 2.05) is 0 Å². The van der Waals surface area contributed by atoms with Gasteiger partial charge in [0.15, 0.2) is 0 Å². The van der Waals surface area contributed by atoms with Crippen LogP contribution in [0.1, 0.15) is 5.82 Å². The summed E-state index contributed by atoms with van der Waals surface area (Å²) in [7, 11) is 0. The van der Waals surface area contributed by atoms with Gasteiger partial charge in [-0.15, -0.1) is 0 Å². The van der Waals surface area contributed by atoms with Crippen molar-refractivity contribution < 1.29 is 0 Å². The molecule has 1 aromatic heterocycles. The molecule has 8 heavy (non-hydrogen) atoms. The molecule has 0 fully saturated rings. The summed E-state index contributed by atoms with van der Waals surface area (Å²) in [6, 6.07) is 1.55. The fraction of sp³-hybridized carbons (Fsp3) is 0.200. The number of rotatable bonds is 0. The number of hydrogen-bond donors (Lipinski definition) is 0. The summed E-state index contributed by atoms with van der Waals surface area (Å²) < 4.78 is 0. The van der Waals surface area contributed by atoms with Crippen molar-refractivity contribution in [3.05, 3.63) is 23.8 Å². The lowest BCUT2D eigenvalue weighted by Gasteiger charge is -2.01. The van der Waals surface area contributed by atoms with Gasteiger partial charge in [0, 0.05) is 12.0 Å². The standard InChI is InChI=1S/C5H6N3/c1-4-7-3-2-5(6)8-4/h2-3H,1H3,(H-,6,7,8)/q-1. The van der Waals surface area contributed by atoms with Gasteiger partial charge in [-0.3, -0.25) is 4.98 Å². The third-order valence-corrected chi connectivity index (χ3v) is 0.776. The Balaban J connectivity index is 3.08. The van der Waals surface area contributed by atoms with Crippen LogP contribution in [0.4, 0.5) is 5.82 Å². The Morgan fingerprint density at radius 2 is 2.38 bits per heavy atom. The molecule has 1 N–H and O–H groups in total. The molecule has 0 radical (unpaired) electrons. The van der Waals surface area contributed by atoms with E-state index in [9.17, 15) is 0 Å². The monoisotopic (exact) mass is 108 g/mol. The largest absolute Gasteiger partial charge is 0.482 e. The molecule has 0 amide bonds. The maximum Gasteiger partial charge on any atom is 0.0265 e. The number of nitrogens with zero attached hydrogens (tertiary/aromatic N) is 2. The SMILES string of the molecule is Cc1nccc([NH-])n1. The Bertz CT molecular complexity index is 168. The fourth-order valence-electron chi connectivity index (χ4n) is 0.456. The maximum atomic E-state index is 6.98. The second-order valence-corrected chi connectivity index (χ2v) is 1.49. The number of hydrogen-bond acceptors (Lipinski definition) is 2. The van der Waals surface area contributed by atoms with Crippen molar-refractivity contribution in [3.8, 4) is 0 Å². The molecule has 1 heterocycles. The highest BCUT2D eigenvalue weighted by Gasteiger charge is 1.73. The van der Waals surface area contributed by atoms with Gasteiger partial charge in [-0.2, -0.15) is 0 Å². The molecule has 42 valence electrons. The molecule has 0 aliphatic rings. The van der Waals surface area contributed by atoms with Gasteiger partial charge < -0.3 is 10.7 Å². The highest BCUT2D eigenvalue weighted by Crippen LogP contribution is 2.01. The van der Waals surface area contributed by atoms with Crippen molar-refractivity contribution in [3.63, 3.8) is 0 Å². The molecule has 0 saturated carbocycles. The molecule has 0 aliphatic carbocycles. The van der Waals surface area contributed by atoms with Crippen LogP contribution in [0.3, 0.4) is 0 Å². The third kappa shape index (κ3) is 0.932. The second-order valence-electron chi connectivity index (χ2n) is 1.49. The van der Waals surface area contributed by atoms with Gasteiger partial charge in [0.1, 0.15) is 0 Å². The summed E-state index contributed by atoms with van der Waals surface area (Å²) in [6.45, 7) is 1.76. The van der Waals surface area contributed by atoms with E-state index >= 15 is 0 Å². The molecule has 0 aromatic carbocycles. The zero-order valence-corrected chi connectivity index (χ0v) is 4.55. The van der Waals surface area contributed by atoms with Gasteiger partial charge >= 0.3 is 0 Å². The van der Waals surface area contributed by atoms with Crippen LogP contribution in [0, 0.1) is 6.92 Å². The molecular weight excluding hydrogens is 102 g/mol. The zero-order valence-electron chi connectivity index (χ0n) is 4.55. The van der Waals surface area contributed by atoms with Gasteiger partial charge in [0.25, 0.3) is 0 Å². The quantitative estimate of drug-likeness (QED) is 0.505. The first kappa shape index (κ1) is 5.03. The summed E-state index contributed by atoms with van der Waals surface area (Å²) in [5.41, 5.74) is 6.98. The van der Waals surface area contributed by atoms with Crippen molar-refractivity contribution >= 4 is 5.82 Å². The van der Waals surface area contributed by atoms with Crippen LogP contribution < -0.4 is 0 Å². The molecule has 0 saturated heterocycles. The van der Waals surface area contributed by atoms with Crippen LogP contribution in [0.25, 0.3) is 5.73 Å². The molecule has 0 atom stereocenters. The van der Waals surface area contributed by atoms with Gasteiger partial charge in [-0.05, 0) is 13.0 Å². The van der Waals surface area contributed by atoms with Gasteiger partial charge in [-0.1, -0.05) is 5.82 Å². The second kappa shape index (κ2) is 1.78. The summed E-state index contributed by atoms with van der Waals surface area (Å²) >= 11 is 0. The Hall–Kier alpha value is -1.12. The average molecular weight is 108 g/mol. The summed E-state index contributed by atoms with van der Waals surface area (Å²) in [4.78, 5) is 7.54. The molecule has 1 aromatic rings. The van der Waals surface area contributed by atoms with Crippen LogP contribution in [0.15, 0.2) is 12.3 Å². The molecule has 0 spiro atoms. The predicted octanol–water partition coefficient (Wildman–Crippen LogP) is 1.47. The van der Waals surface area contributed by atoms with Gasteiger partial charge in [0.05, 0.1) is 0 Å². The van der Waals surface area contributed by atoms with Crippen molar-refractivity contribution in [1.29, 1.82) is 0 Å². The lowest BCUT2D eigenvalue weighted by atomic mass is 10.6. The maximum absolute atomic E-state index is 6.98. The summed E-state index contributed by atoms with van der Waals surface area (Å²) in [5, 5.41) is 0. The number of aryl methyl sites for hydroxylation is 1. The minimum absolute atomic E-state index is 0.275. The van der Waals surface area contributed by atoms with Crippen LogP contribution in [-0.2, 0) is 0 Å². The van der Waals surface area contributed by atoms with Crippen LogP contribution in [0.5, 0.6) is 0 Å². The van der Waals surface area contributed by atoms with E-state index in [0.717, 1.165) is 0 Å². The lowest BCUT2D eigenvalue weighted by molar-refractivity contribution is 1.07. The van der Waals surface area contributed by atoms with E-state index in [-0.39, 0.29) is 5.82 Å². The van der Waals surface area contributed by atoms with E-state index in [2.05, 4.69) is 9.97 Å². The van der Waals surface area contributed by atoms with Crippen molar-refractivity contribution in [2.75, 3.05) is 0 Å². The first-order valence-electron chi connectivity index (χ1n) is 2.30. The highest BCUT2D eigenvalue weighted by molar-refractivity contribution is 5.30. The fourth-order valence-corrected chi connectivity index (χ4v) is 0.456. The van der Waals surface area contributed by atoms with Crippen LogP contribution in [-0.4, -0.2) is 9.97 Å². The van der Waals surface area contributed by atoms with Gasteiger partial charge in [0.2, 0.25) is 0 Å². The zero-order chi connectivity index (χ0) is 5.98. The molecule has 1 rings (SSSR count). The Morgan fingerprint density at radius 1 is 1.62 bits per heavy atom. The van der Waals surface area contributed by atoms with E-state index in [0.29, 0.717) is 5.82 Å². The molecular formula is C5H6N3-. The Morgan fingerprint density at radius 3 is 2.75 bits per heavy atom. The van der Waals surface area contributed by atoms with E-state index in [4.69, 9.17) is 5.73 Å². The average Bonchev–Trinajstić information content (AvgIpc) is 1.64. The summed E-state index contributed by atoms with van der Waals surface area (Å²) in [6.07, 6.45) is 1.57. The molecule has 0 unspecified atom stereocenters. The van der Waals surface area contributed by atoms with E-state index in [1.54, 1.807) is 19.2 Å². The molecule has 0 aliphatic heterocycles. The molecule has 3 nitrogen and oxygen atoms in total. The van der Waals surface area contributed by atoms with Gasteiger partial charge in [-0.25, -0.2) is 0 Å². The topological polar surface area (TPSA) is 49.6 Å². The first-order chi connectivity index (χ1) is 3.79. The number of aromatic nitrogens is 2. The third-order valence-electron chi connectivity index (χ3n) is 0.776. The normalized spacial score (nSPS) is 9.12. The first-order valence-corrected chi connectivity index (χ1v) is 2.30. The van der Waals surface area contributed by atoms with Crippen molar-refractivity contribution in [1.82, 2.24) is 9.97 Å². The van der Waals surface area contributed by atoms with Crippen LogP contribution in [0.2, 0.25) is 0 Å². The van der Waals surface area contributed by atoms with Crippen LogP contribution >= 0.6 is 0 Å². The predicted molar refractivity (Wildman–Crippen MR) is 30.8 cm³/mol. The molecule has 0 bridgehead atoms. The number of nitrogens with one attached hydrogen (secondary N) is 1. The van der Waals surface area contributed by atoms with Crippen molar-refractivity contribution in [2.45, 2.75) is 6.92 Å². The Labute approximate surface area is 47.6 Å². The Kier molecular flexibility index (Phi) is 1.12. The lowest BCUT2D eigenvalue weighted by Crippen LogP contribution is -1.81. The van der Waals surface area contributed by atoms with Crippen molar-refractivity contribution in [2.24, 2.45) is 0 Å². The summed E-state index contributed by atoms with van der Waals surface area (Å²) in [5.74, 6) is 0.926. The smallest absolute Gasteiger partial charge is 0.0265 e. The minimum Gasteiger partial charge on any atom is -0.482 e. The minimum atomic E-state index is 0.275. The van der Waals surface area contributed by atoms with E-state index in [1.165, 1.54) is 0 Å². The van der Waals surface area contributed by atoms with E-state index < -0.39 is 0 Å². The molecule has 3 heteroatoms. The highest BCUT2D eigenvalue weighted by atomic mass is 14.9.